The molecule has 3 nitrogen and oxygen atoms in total. The fourth-order valence-corrected chi connectivity index (χ4v) is 1.84. The van der Waals surface area contributed by atoms with Gasteiger partial charge in [-0.15, -0.1) is 0 Å². The maximum atomic E-state index is 11.7. The Morgan fingerprint density at radius 2 is 1.85 bits per heavy atom. The second-order valence-corrected chi connectivity index (χ2v) is 4.64. The SMILES string of the molecule is O=C(/C=C/c1ccc(O)cc1)NCc1ccccc1Cl. The number of carbonyl (C=O) groups excluding carboxylic acids is 1. The van der Waals surface area contributed by atoms with Crippen molar-refractivity contribution in [3.63, 3.8) is 0 Å². The number of amides is 1. The molecule has 2 N–H and O–H groups in total. The van der Waals surface area contributed by atoms with Crippen molar-refractivity contribution in [2.24, 2.45) is 0 Å². The summed E-state index contributed by atoms with van der Waals surface area (Å²) < 4.78 is 0. The molecule has 102 valence electrons. The maximum Gasteiger partial charge on any atom is 0.244 e. The topological polar surface area (TPSA) is 49.3 Å². The maximum absolute atomic E-state index is 11.7. The molecule has 2 aromatic rings. The smallest absolute Gasteiger partial charge is 0.244 e. The van der Waals surface area contributed by atoms with Crippen molar-refractivity contribution < 1.29 is 9.90 Å². The lowest BCUT2D eigenvalue weighted by Crippen LogP contribution is -2.20. The second kappa shape index (κ2) is 6.78. The highest BCUT2D eigenvalue weighted by molar-refractivity contribution is 6.31. The minimum atomic E-state index is -0.196. The number of phenolic OH excluding ortho intramolecular Hbond substituents is 1. The van der Waals surface area contributed by atoms with Gasteiger partial charge in [0.1, 0.15) is 5.75 Å². The third-order valence-electron chi connectivity index (χ3n) is 2.73. The van der Waals surface area contributed by atoms with E-state index >= 15 is 0 Å². The number of hydrogen-bond donors (Lipinski definition) is 2. The molecule has 0 atom stereocenters. The molecule has 0 radical (unpaired) electrons. The summed E-state index contributed by atoms with van der Waals surface area (Å²) in [4.78, 5) is 11.7. The van der Waals surface area contributed by atoms with Gasteiger partial charge < -0.3 is 10.4 Å². The van der Waals surface area contributed by atoms with E-state index in [-0.39, 0.29) is 11.7 Å². The molecular formula is C16H14ClNO2. The lowest BCUT2D eigenvalue weighted by molar-refractivity contribution is -0.116. The van der Waals surface area contributed by atoms with Crippen LogP contribution in [0.2, 0.25) is 5.02 Å². The number of nitrogens with one attached hydrogen (secondary N) is 1. The molecule has 1 amide bonds. The third kappa shape index (κ3) is 4.14. The lowest BCUT2D eigenvalue weighted by Gasteiger charge is -2.04. The highest BCUT2D eigenvalue weighted by Gasteiger charge is 2.00. The number of aromatic hydroxyl groups is 1. The summed E-state index contributed by atoms with van der Waals surface area (Å²) in [6.45, 7) is 0.387. The predicted octanol–water partition coefficient (Wildman–Crippen LogP) is 3.38. The van der Waals surface area contributed by atoms with E-state index in [1.807, 2.05) is 18.2 Å². The summed E-state index contributed by atoms with van der Waals surface area (Å²) in [5.41, 5.74) is 1.72. The molecule has 0 aromatic heterocycles. The van der Waals surface area contributed by atoms with Gasteiger partial charge in [-0.1, -0.05) is 41.9 Å². The van der Waals surface area contributed by atoms with E-state index in [4.69, 9.17) is 16.7 Å². The molecule has 2 rings (SSSR count). The third-order valence-corrected chi connectivity index (χ3v) is 3.10. The minimum Gasteiger partial charge on any atom is -0.508 e. The summed E-state index contributed by atoms with van der Waals surface area (Å²) in [6.07, 6.45) is 3.13. The highest BCUT2D eigenvalue weighted by atomic mass is 35.5. The Kier molecular flexibility index (Phi) is 4.80. The Labute approximate surface area is 122 Å². The molecule has 0 aliphatic heterocycles. The number of halogens is 1. The number of hydrogen-bond acceptors (Lipinski definition) is 2. The molecule has 2 aromatic carbocycles. The van der Waals surface area contributed by atoms with Gasteiger partial charge in [0.2, 0.25) is 5.91 Å². The zero-order valence-electron chi connectivity index (χ0n) is 10.7. The first-order chi connectivity index (χ1) is 9.65. The number of phenols is 1. The van der Waals surface area contributed by atoms with Gasteiger partial charge in [0, 0.05) is 17.6 Å². The normalized spacial score (nSPS) is 10.7. The monoisotopic (exact) mass is 287 g/mol. The van der Waals surface area contributed by atoms with Crippen LogP contribution in [0.5, 0.6) is 5.75 Å². The number of carbonyl (C=O) groups is 1. The van der Waals surface area contributed by atoms with Gasteiger partial charge in [0.15, 0.2) is 0 Å². The summed E-state index contributed by atoms with van der Waals surface area (Å²) in [6, 6.07) is 14.0. The molecule has 0 spiro atoms. The van der Waals surface area contributed by atoms with Gasteiger partial charge in [-0.25, -0.2) is 0 Å². The van der Waals surface area contributed by atoms with Gasteiger partial charge in [-0.3, -0.25) is 4.79 Å². The van der Waals surface area contributed by atoms with Gasteiger partial charge >= 0.3 is 0 Å². The summed E-state index contributed by atoms with van der Waals surface area (Å²) in [5.74, 6) is 0.00307. The minimum absolute atomic E-state index is 0.196. The highest BCUT2D eigenvalue weighted by Crippen LogP contribution is 2.14. The fraction of sp³-hybridized carbons (Fsp3) is 0.0625. The molecular weight excluding hydrogens is 274 g/mol. The van der Waals surface area contributed by atoms with Crippen LogP contribution < -0.4 is 5.32 Å². The lowest BCUT2D eigenvalue weighted by atomic mass is 10.2. The van der Waals surface area contributed by atoms with E-state index in [1.54, 1.807) is 36.4 Å². The van der Waals surface area contributed by atoms with Crippen LogP contribution in [-0.2, 0) is 11.3 Å². The van der Waals surface area contributed by atoms with E-state index in [1.165, 1.54) is 6.08 Å². The van der Waals surface area contributed by atoms with Gasteiger partial charge in [0.05, 0.1) is 0 Å². The van der Waals surface area contributed by atoms with E-state index in [0.29, 0.717) is 11.6 Å². The van der Waals surface area contributed by atoms with E-state index < -0.39 is 0 Å². The van der Waals surface area contributed by atoms with Crippen LogP contribution in [0, 0.1) is 0 Å². The Morgan fingerprint density at radius 1 is 1.15 bits per heavy atom. The molecule has 0 heterocycles. The average molecular weight is 288 g/mol. The Morgan fingerprint density at radius 3 is 2.55 bits per heavy atom. The Hall–Kier alpha value is -2.26. The molecule has 20 heavy (non-hydrogen) atoms. The number of benzene rings is 2. The summed E-state index contributed by atoms with van der Waals surface area (Å²) >= 11 is 6.00. The van der Waals surface area contributed by atoms with E-state index in [2.05, 4.69) is 5.32 Å². The van der Waals surface area contributed by atoms with Crippen molar-refractivity contribution in [3.05, 3.63) is 70.8 Å². The Balaban J connectivity index is 1.90. The second-order valence-electron chi connectivity index (χ2n) is 4.23. The van der Waals surface area contributed by atoms with Crippen molar-refractivity contribution in [2.45, 2.75) is 6.54 Å². The first-order valence-electron chi connectivity index (χ1n) is 6.13. The van der Waals surface area contributed by atoms with Crippen LogP contribution in [0.15, 0.2) is 54.6 Å². The molecule has 0 fully saturated rings. The molecule has 0 saturated heterocycles. The Bertz CT molecular complexity index is 621. The zero-order chi connectivity index (χ0) is 14.4. The fourth-order valence-electron chi connectivity index (χ4n) is 1.64. The van der Waals surface area contributed by atoms with Crippen LogP contribution in [0.4, 0.5) is 0 Å². The van der Waals surface area contributed by atoms with Crippen LogP contribution in [0.1, 0.15) is 11.1 Å². The zero-order valence-corrected chi connectivity index (χ0v) is 11.5. The largest absolute Gasteiger partial charge is 0.508 e. The quantitative estimate of drug-likeness (QED) is 0.847. The summed E-state index contributed by atoms with van der Waals surface area (Å²) in [7, 11) is 0. The van der Waals surface area contributed by atoms with Crippen LogP contribution in [-0.4, -0.2) is 11.0 Å². The van der Waals surface area contributed by atoms with Crippen LogP contribution in [0.3, 0.4) is 0 Å². The molecule has 0 aliphatic carbocycles. The molecule has 0 bridgehead atoms. The van der Waals surface area contributed by atoms with E-state index in [0.717, 1.165) is 11.1 Å². The molecule has 0 unspecified atom stereocenters. The number of rotatable bonds is 4. The first kappa shape index (κ1) is 14.2. The van der Waals surface area contributed by atoms with Crippen molar-refractivity contribution >= 4 is 23.6 Å². The van der Waals surface area contributed by atoms with Gasteiger partial charge in [-0.2, -0.15) is 0 Å². The van der Waals surface area contributed by atoms with Crippen LogP contribution >= 0.6 is 11.6 Å². The van der Waals surface area contributed by atoms with Crippen molar-refractivity contribution in [1.29, 1.82) is 0 Å². The predicted molar refractivity (Wildman–Crippen MR) is 80.4 cm³/mol. The van der Waals surface area contributed by atoms with Gasteiger partial charge in [0.25, 0.3) is 0 Å². The van der Waals surface area contributed by atoms with Crippen molar-refractivity contribution in [2.75, 3.05) is 0 Å². The van der Waals surface area contributed by atoms with Crippen LogP contribution in [0.25, 0.3) is 6.08 Å². The molecule has 0 saturated carbocycles. The molecule has 4 heteroatoms. The average Bonchev–Trinajstić information content (AvgIpc) is 2.46. The standard InChI is InChI=1S/C16H14ClNO2/c17-15-4-2-1-3-13(15)11-18-16(20)10-7-12-5-8-14(19)9-6-12/h1-10,19H,11H2,(H,18,20)/b10-7+. The molecule has 0 aliphatic rings. The van der Waals surface area contributed by atoms with Crippen molar-refractivity contribution in [1.82, 2.24) is 5.32 Å². The summed E-state index contributed by atoms with van der Waals surface area (Å²) in [5, 5.41) is 12.6. The first-order valence-corrected chi connectivity index (χ1v) is 6.51. The van der Waals surface area contributed by atoms with E-state index in [9.17, 15) is 4.79 Å². The van der Waals surface area contributed by atoms with Gasteiger partial charge in [-0.05, 0) is 35.4 Å². The van der Waals surface area contributed by atoms with Crippen molar-refractivity contribution in [3.8, 4) is 5.75 Å².